The lowest BCUT2D eigenvalue weighted by Crippen LogP contribution is -2.46. The van der Waals surface area contributed by atoms with Crippen LogP contribution >= 0.6 is 0 Å². The van der Waals surface area contributed by atoms with Crippen LogP contribution in [0.3, 0.4) is 0 Å². The average molecular weight is 322 g/mol. The molecular weight excluding hydrogens is 296 g/mol. The first kappa shape index (κ1) is 15.7. The number of nitrogens with zero attached hydrogens (tertiary/aromatic N) is 1. The Balaban J connectivity index is 1.52. The van der Waals surface area contributed by atoms with Gasteiger partial charge in [0, 0.05) is 44.1 Å². The summed E-state index contributed by atoms with van der Waals surface area (Å²) in [5.41, 5.74) is 2.65. The van der Waals surface area contributed by atoms with Gasteiger partial charge < -0.3 is 10.1 Å². The Morgan fingerprint density at radius 2 is 1.92 bits per heavy atom. The Kier molecular flexibility index (Phi) is 4.30. The number of nitrogens with one attached hydrogen (secondary N) is 1. The SMILES string of the molecule is CCNC1CC2(CCN(Cc3ccccc3)C2)Oc2ccccc21. The molecule has 2 aliphatic heterocycles. The van der Waals surface area contributed by atoms with Crippen LogP contribution in [0.5, 0.6) is 5.75 Å². The van der Waals surface area contributed by atoms with E-state index in [-0.39, 0.29) is 5.60 Å². The number of ether oxygens (including phenoxy) is 1. The van der Waals surface area contributed by atoms with Gasteiger partial charge in [0.2, 0.25) is 0 Å². The van der Waals surface area contributed by atoms with Crippen LogP contribution < -0.4 is 10.1 Å². The Bertz CT molecular complexity index is 687. The summed E-state index contributed by atoms with van der Waals surface area (Å²) in [6, 6.07) is 19.7. The van der Waals surface area contributed by atoms with Gasteiger partial charge in [-0.3, -0.25) is 4.90 Å². The molecule has 2 aromatic carbocycles. The highest BCUT2D eigenvalue weighted by molar-refractivity contribution is 5.39. The summed E-state index contributed by atoms with van der Waals surface area (Å²) in [4.78, 5) is 2.53. The Labute approximate surface area is 144 Å². The summed E-state index contributed by atoms with van der Waals surface area (Å²) in [7, 11) is 0. The van der Waals surface area contributed by atoms with Crippen molar-refractivity contribution in [2.45, 2.75) is 38.0 Å². The van der Waals surface area contributed by atoms with Gasteiger partial charge >= 0.3 is 0 Å². The van der Waals surface area contributed by atoms with Gasteiger partial charge in [0.1, 0.15) is 11.4 Å². The van der Waals surface area contributed by atoms with Crippen LogP contribution in [0.2, 0.25) is 0 Å². The lowest BCUT2D eigenvalue weighted by molar-refractivity contribution is 0.0380. The Morgan fingerprint density at radius 3 is 2.75 bits per heavy atom. The molecule has 1 saturated heterocycles. The molecule has 2 aliphatic rings. The molecule has 2 unspecified atom stereocenters. The minimum Gasteiger partial charge on any atom is -0.485 e. The highest BCUT2D eigenvalue weighted by Gasteiger charge is 2.45. The third-order valence-electron chi connectivity index (χ3n) is 5.29. The Hall–Kier alpha value is -1.84. The standard InChI is InChI=1S/C21H26N2O/c1-2-22-19-14-21(24-20-11-7-6-10-18(19)20)12-13-23(16-21)15-17-8-4-3-5-9-17/h3-11,19,22H,2,12-16H2,1H3. The first-order valence-corrected chi connectivity index (χ1v) is 9.06. The summed E-state index contributed by atoms with van der Waals surface area (Å²) in [5.74, 6) is 1.07. The minimum absolute atomic E-state index is 0.0457. The van der Waals surface area contributed by atoms with Gasteiger partial charge in [-0.05, 0) is 18.2 Å². The van der Waals surface area contributed by atoms with Crippen LogP contribution in [-0.2, 0) is 6.54 Å². The third-order valence-corrected chi connectivity index (χ3v) is 5.29. The van der Waals surface area contributed by atoms with E-state index in [1.807, 2.05) is 0 Å². The van der Waals surface area contributed by atoms with Crippen LogP contribution in [0.25, 0.3) is 0 Å². The quantitative estimate of drug-likeness (QED) is 0.927. The molecule has 0 amide bonds. The normalized spacial score (nSPS) is 26.3. The van der Waals surface area contributed by atoms with E-state index < -0.39 is 0 Å². The van der Waals surface area contributed by atoms with Gasteiger partial charge in [-0.25, -0.2) is 0 Å². The maximum Gasteiger partial charge on any atom is 0.125 e. The van der Waals surface area contributed by atoms with Crippen molar-refractivity contribution in [1.29, 1.82) is 0 Å². The van der Waals surface area contributed by atoms with E-state index >= 15 is 0 Å². The molecular formula is C21H26N2O. The number of hydrogen-bond acceptors (Lipinski definition) is 3. The molecule has 1 N–H and O–H groups in total. The summed E-state index contributed by atoms with van der Waals surface area (Å²) >= 11 is 0. The molecule has 0 aliphatic carbocycles. The summed E-state index contributed by atoms with van der Waals surface area (Å²) in [6.45, 7) is 6.30. The molecule has 0 saturated carbocycles. The fourth-order valence-corrected chi connectivity index (χ4v) is 4.20. The number of rotatable bonds is 4. The zero-order valence-corrected chi connectivity index (χ0v) is 14.4. The molecule has 2 aromatic rings. The van der Waals surface area contributed by atoms with Crippen LogP contribution in [-0.4, -0.2) is 30.1 Å². The van der Waals surface area contributed by atoms with Crippen molar-refractivity contribution in [2.75, 3.05) is 19.6 Å². The van der Waals surface area contributed by atoms with Gasteiger partial charge in [-0.1, -0.05) is 55.5 Å². The van der Waals surface area contributed by atoms with E-state index in [1.54, 1.807) is 0 Å². The van der Waals surface area contributed by atoms with E-state index in [2.05, 4.69) is 71.7 Å². The van der Waals surface area contributed by atoms with Crippen molar-refractivity contribution >= 4 is 0 Å². The molecule has 4 rings (SSSR count). The highest BCUT2D eigenvalue weighted by Crippen LogP contribution is 2.43. The predicted octanol–water partition coefficient (Wildman–Crippen LogP) is 3.76. The number of benzene rings is 2. The van der Waals surface area contributed by atoms with Crippen molar-refractivity contribution in [2.24, 2.45) is 0 Å². The number of para-hydroxylation sites is 1. The van der Waals surface area contributed by atoms with Crippen molar-refractivity contribution in [3.05, 3.63) is 65.7 Å². The van der Waals surface area contributed by atoms with Gasteiger partial charge in [0.25, 0.3) is 0 Å². The first-order valence-electron chi connectivity index (χ1n) is 9.06. The molecule has 3 heteroatoms. The summed E-state index contributed by atoms with van der Waals surface area (Å²) in [5, 5.41) is 3.66. The average Bonchev–Trinajstić information content (AvgIpc) is 2.98. The fourth-order valence-electron chi connectivity index (χ4n) is 4.20. The van der Waals surface area contributed by atoms with Gasteiger partial charge in [0.05, 0.1) is 0 Å². The molecule has 1 spiro atoms. The number of fused-ring (bicyclic) bond motifs is 1. The molecule has 0 radical (unpaired) electrons. The predicted molar refractivity (Wildman–Crippen MR) is 97.2 cm³/mol. The number of likely N-dealkylation sites (tertiary alicyclic amines) is 1. The molecule has 2 heterocycles. The van der Waals surface area contributed by atoms with E-state index in [0.29, 0.717) is 6.04 Å². The molecule has 2 atom stereocenters. The van der Waals surface area contributed by atoms with Crippen LogP contribution in [0.1, 0.15) is 36.9 Å². The summed E-state index contributed by atoms with van der Waals surface area (Å²) < 4.78 is 6.54. The van der Waals surface area contributed by atoms with Gasteiger partial charge in [-0.15, -0.1) is 0 Å². The largest absolute Gasteiger partial charge is 0.485 e. The Morgan fingerprint density at radius 1 is 1.12 bits per heavy atom. The second kappa shape index (κ2) is 6.58. The van der Waals surface area contributed by atoms with E-state index in [0.717, 1.165) is 44.8 Å². The lowest BCUT2D eigenvalue weighted by atomic mass is 9.86. The van der Waals surface area contributed by atoms with Crippen LogP contribution in [0, 0.1) is 0 Å². The molecule has 24 heavy (non-hydrogen) atoms. The van der Waals surface area contributed by atoms with Crippen LogP contribution in [0.4, 0.5) is 0 Å². The monoisotopic (exact) mass is 322 g/mol. The van der Waals surface area contributed by atoms with E-state index in [1.165, 1.54) is 11.1 Å². The third kappa shape index (κ3) is 3.06. The molecule has 126 valence electrons. The first-order chi connectivity index (χ1) is 11.8. The molecule has 3 nitrogen and oxygen atoms in total. The second-order valence-electron chi connectivity index (χ2n) is 7.08. The molecule has 0 bridgehead atoms. The minimum atomic E-state index is -0.0457. The van der Waals surface area contributed by atoms with Crippen molar-refractivity contribution in [3.63, 3.8) is 0 Å². The topological polar surface area (TPSA) is 24.5 Å². The summed E-state index contributed by atoms with van der Waals surface area (Å²) in [6.07, 6.45) is 2.17. The maximum absolute atomic E-state index is 6.54. The van der Waals surface area contributed by atoms with E-state index in [4.69, 9.17) is 4.74 Å². The molecule has 0 aromatic heterocycles. The van der Waals surface area contributed by atoms with Gasteiger partial charge in [0.15, 0.2) is 0 Å². The van der Waals surface area contributed by atoms with Crippen molar-refractivity contribution in [1.82, 2.24) is 10.2 Å². The zero-order chi connectivity index (χ0) is 16.4. The zero-order valence-electron chi connectivity index (χ0n) is 14.4. The van der Waals surface area contributed by atoms with Crippen molar-refractivity contribution in [3.8, 4) is 5.75 Å². The van der Waals surface area contributed by atoms with Crippen LogP contribution in [0.15, 0.2) is 54.6 Å². The smallest absolute Gasteiger partial charge is 0.125 e. The molecule has 1 fully saturated rings. The van der Waals surface area contributed by atoms with E-state index in [9.17, 15) is 0 Å². The van der Waals surface area contributed by atoms with Gasteiger partial charge in [-0.2, -0.15) is 0 Å². The fraction of sp³-hybridized carbons (Fsp3) is 0.429. The number of hydrogen-bond donors (Lipinski definition) is 1. The van der Waals surface area contributed by atoms with Crippen molar-refractivity contribution < 1.29 is 4.74 Å². The highest BCUT2D eigenvalue weighted by atomic mass is 16.5. The lowest BCUT2D eigenvalue weighted by Gasteiger charge is -2.40. The maximum atomic E-state index is 6.54. The second-order valence-corrected chi connectivity index (χ2v) is 7.08.